The summed E-state index contributed by atoms with van der Waals surface area (Å²) in [7, 11) is 0. The van der Waals surface area contributed by atoms with Gasteiger partial charge in [0.1, 0.15) is 18.2 Å². The van der Waals surface area contributed by atoms with Crippen LogP contribution in [0.3, 0.4) is 0 Å². The first-order valence-electron chi connectivity index (χ1n) is 10.5. The minimum atomic E-state index is -1.24. The van der Waals surface area contributed by atoms with Crippen LogP contribution >= 0.6 is 0 Å². The smallest absolute Gasteiger partial charge is 0.407 e. The number of fused-ring (bicyclic) bond motifs is 3. The number of carbonyl (C=O) groups excluding carboxylic acids is 2. The molecular formula is C24H26N2O5. The molecule has 2 N–H and O–H groups in total. The van der Waals surface area contributed by atoms with E-state index in [0.29, 0.717) is 19.4 Å². The molecule has 2 atom stereocenters. The zero-order valence-electron chi connectivity index (χ0n) is 17.6. The second-order valence-corrected chi connectivity index (χ2v) is 8.36. The van der Waals surface area contributed by atoms with Gasteiger partial charge in [0.05, 0.1) is 0 Å². The van der Waals surface area contributed by atoms with Gasteiger partial charge in [0.2, 0.25) is 5.91 Å². The van der Waals surface area contributed by atoms with E-state index in [9.17, 15) is 19.5 Å². The quantitative estimate of drug-likeness (QED) is 0.770. The number of rotatable bonds is 5. The molecule has 31 heavy (non-hydrogen) atoms. The number of ether oxygens (including phenoxy) is 1. The summed E-state index contributed by atoms with van der Waals surface area (Å²) in [5.74, 6) is -1.53. The van der Waals surface area contributed by atoms with Gasteiger partial charge < -0.3 is 20.1 Å². The third kappa shape index (κ3) is 3.65. The number of hydrogen-bond donors (Lipinski definition) is 2. The summed E-state index contributed by atoms with van der Waals surface area (Å²) in [6.07, 6.45) is 0.316. The first-order valence-corrected chi connectivity index (χ1v) is 10.5. The maximum Gasteiger partial charge on any atom is 0.407 e. The van der Waals surface area contributed by atoms with Crippen LogP contribution in [0.15, 0.2) is 48.5 Å². The Bertz CT molecular complexity index is 991. The van der Waals surface area contributed by atoms with E-state index < -0.39 is 29.6 Å². The highest BCUT2D eigenvalue weighted by molar-refractivity contribution is 5.91. The van der Waals surface area contributed by atoms with Crippen LogP contribution in [0.25, 0.3) is 11.1 Å². The Kier molecular flexibility index (Phi) is 5.43. The second kappa shape index (κ2) is 8.06. The molecule has 7 nitrogen and oxygen atoms in total. The van der Waals surface area contributed by atoms with Crippen LogP contribution in [-0.4, -0.2) is 52.7 Å². The van der Waals surface area contributed by atoms with Gasteiger partial charge in [0.15, 0.2) is 0 Å². The molecule has 0 aromatic heterocycles. The lowest BCUT2D eigenvalue weighted by Gasteiger charge is -2.33. The van der Waals surface area contributed by atoms with E-state index in [-0.39, 0.29) is 12.5 Å². The van der Waals surface area contributed by atoms with E-state index in [1.807, 2.05) is 36.4 Å². The van der Waals surface area contributed by atoms with E-state index in [4.69, 9.17) is 4.74 Å². The van der Waals surface area contributed by atoms with Crippen molar-refractivity contribution >= 4 is 18.0 Å². The van der Waals surface area contributed by atoms with Crippen LogP contribution in [0.5, 0.6) is 0 Å². The SMILES string of the molecule is CC(NC(=O)OCC1c2ccccc2-c2ccccc21)C(=O)N1CCC[C@]1(C)C(=O)O. The predicted molar refractivity (Wildman–Crippen MR) is 115 cm³/mol. The van der Waals surface area contributed by atoms with Crippen molar-refractivity contribution in [3.8, 4) is 11.1 Å². The number of hydrogen-bond acceptors (Lipinski definition) is 4. The van der Waals surface area contributed by atoms with Crippen LogP contribution < -0.4 is 5.32 Å². The fraction of sp³-hybridized carbons (Fsp3) is 0.375. The summed E-state index contributed by atoms with van der Waals surface area (Å²) in [6, 6.07) is 15.2. The Labute approximate surface area is 181 Å². The highest BCUT2D eigenvalue weighted by Gasteiger charge is 2.47. The van der Waals surface area contributed by atoms with E-state index in [2.05, 4.69) is 17.4 Å². The van der Waals surface area contributed by atoms with Gasteiger partial charge in [-0.1, -0.05) is 48.5 Å². The molecule has 2 aromatic carbocycles. The number of carboxylic acid groups (broad SMARTS) is 1. The number of carboxylic acids is 1. The molecule has 4 rings (SSSR count). The molecule has 0 spiro atoms. The number of amides is 2. The Balaban J connectivity index is 1.40. The van der Waals surface area contributed by atoms with Crippen molar-refractivity contribution in [1.82, 2.24) is 10.2 Å². The Hall–Kier alpha value is -3.35. The van der Waals surface area contributed by atoms with Gasteiger partial charge in [0.25, 0.3) is 0 Å². The summed E-state index contributed by atoms with van der Waals surface area (Å²) in [5.41, 5.74) is 3.24. The molecule has 1 aliphatic heterocycles. The molecule has 2 amide bonds. The predicted octanol–water partition coefficient (Wildman–Crippen LogP) is 3.38. The van der Waals surface area contributed by atoms with Gasteiger partial charge in [0, 0.05) is 12.5 Å². The summed E-state index contributed by atoms with van der Waals surface area (Å²) in [4.78, 5) is 38.2. The molecule has 7 heteroatoms. The van der Waals surface area contributed by atoms with Gasteiger partial charge in [-0.2, -0.15) is 0 Å². The van der Waals surface area contributed by atoms with Gasteiger partial charge in [-0.05, 0) is 48.9 Å². The topological polar surface area (TPSA) is 95.9 Å². The fourth-order valence-electron chi connectivity index (χ4n) is 4.65. The zero-order valence-corrected chi connectivity index (χ0v) is 17.6. The first-order chi connectivity index (χ1) is 14.8. The minimum absolute atomic E-state index is 0.0713. The van der Waals surface area contributed by atoms with E-state index in [0.717, 1.165) is 22.3 Å². The number of nitrogens with one attached hydrogen (secondary N) is 1. The van der Waals surface area contributed by atoms with Crippen LogP contribution in [0.2, 0.25) is 0 Å². The lowest BCUT2D eigenvalue weighted by atomic mass is 9.98. The largest absolute Gasteiger partial charge is 0.480 e. The Morgan fingerprint density at radius 3 is 2.29 bits per heavy atom. The average Bonchev–Trinajstić information content (AvgIpc) is 3.31. The van der Waals surface area contributed by atoms with Gasteiger partial charge in [-0.3, -0.25) is 4.79 Å². The summed E-state index contributed by atoms with van der Waals surface area (Å²) in [6.45, 7) is 3.60. The first kappa shape index (κ1) is 20.9. The molecule has 0 saturated carbocycles. The maximum absolute atomic E-state index is 12.8. The van der Waals surface area contributed by atoms with E-state index in [1.165, 1.54) is 4.90 Å². The van der Waals surface area contributed by atoms with Crippen molar-refractivity contribution in [2.45, 2.75) is 44.2 Å². The molecule has 1 unspecified atom stereocenters. The Morgan fingerprint density at radius 2 is 1.71 bits per heavy atom. The summed E-state index contributed by atoms with van der Waals surface area (Å²) >= 11 is 0. The molecular weight excluding hydrogens is 396 g/mol. The number of nitrogens with zero attached hydrogens (tertiary/aromatic N) is 1. The number of likely N-dealkylation sites (tertiary alicyclic amines) is 1. The molecule has 0 radical (unpaired) electrons. The van der Waals surface area contributed by atoms with Crippen molar-refractivity contribution in [3.63, 3.8) is 0 Å². The van der Waals surface area contributed by atoms with Crippen molar-refractivity contribution in [3.05, 3.63) is 59.7 Å². The zero-order chi connectivity index (χ0) is 22.2. The normalized spacial score (nSPS) is 20.6. The number of benzene rings is 2. The molecule has 2 aromatic rings. The van der Waals surface area contributed by atoms with Gasteiger partial charge in [-0.25, -0.2) is 9.59 Å². The number of aliphatic carboxylic acids is 1. The minimum Gasteiger partial charge on any atom is -0.480 e. The van der Waals surface area contributed by atoms with Crippen molar-refractivity contribution in [2.24, 2.45) is 0 Å². The highest BCUT2D eigenvalue weighted by Crippen LogP contribution is 2.44. The lowest BCUT2D eigenvalue weighted by Crippen LogP contribution is -2.56. The number of carbonyl (C=O) groups is 3. The number of alkyl carbamates (subject to hydrolysis) is 1. The monoisotopic (exact) mass is 422 g/mol. The molecule has 1 heterocycles. The Morgan fingerprint density at radius 1 is 1.13 bits per heavy atom. The van der Waals surface area contributed by atoms with Crippen LogP contribution in [0.4, 0.5) is 4.79 Å². The molecule has 0 bridgehead atoms. The van der Waals surface area contributed by atoms with Crippen LogP contribution in [0, 0.1) is 0 Å². The molecule has 1 aliphatic carbocycles. The standard InChI is InChI=1S/C24H26N2O5/c1-15(21(27)26-13-7-12-24(26,2)22(28)29)25-23(30)31-14-20-18-10-5-3-8-16(18)17-9-4-6-11-19(17)20/h3-6,8-11,15,20H,7,12-14H2,1-2H3,(H,25,30)(H,28,29)/t15?,24-/m1/s1. The second-order valence-electron chi connectivity index (χ2n) is 8.36. The maximum atomic E-state index is 12.8. The van der Waals surface area contributed by atoms with E-state index in [1.54, 1.807) is 13.8 Å². The third-order valence-corrected chi connectivity index (χ3v) is 6.42. The van der Waals surface area contributed by atoms with Crippen LogP contribution in [0.1, 0.15) is 43.7 Å². The molecule has 1 fully saturated rings. The molecule has 1 saturated heterocycles. The average molecular weight is 422 g/mol. The van der Waals surface area contributed by atoms with Gasteiger partial charge >= 0.3 is 12.1 Å². The van der Waals surface area contributed by atoms with Gasteiger partial charge in [-0.15, -0.1) is 0 Å². The van der Waals surface area contributed by atoms with Crippen molar-refractivity contribution in [1.29, 1.82) is 0 Å². The summed E-state index contributed by atoms with van der Waals surface area (Å²) < 4.78 is 5.49. The highest BCUT2D eigenvalue weighted by atomic mass is 16.5. The third-order valence-electron chi connectivity index (χ3n) is 6.42. The fourth-order valence-corrected chi connectivity index (χ4v) is 4.65. The van der Waals surface area contributed by atoms with Crippen molar-refractivity contribution < 1.29 is 24.2 Å². The van der Waals surface area contributed by atoms with E-state index >= 15 is 0 Å². The van der Waals surface area contributed by atoms with Crippen molar-refractivity contribution in [2.75, 3.05) is 13.2 Å². The molecule has 2 aliphatic rings. The summed E-state index contributed by atoms with van der Waals surface area (Å²) in [5, 5.41) is 12.1. The molecule has 162 valence electrons. The van der Waals surface area contributed by atoms with Crippen LogP contribution in [-0.2, 0) is 14.3 Å². The lowest BCUT2D eigenvalue weighted by molar-refractivity contribution is -0.155.